The van der Waals surface area contributed by atoms with Gasteiger partial charge in [-0.15, -0.1) is 0 Å². The zero-order valence-corrected chi connectivity index (χ0v) is 17.2. The smallest absolute Gasteiger partial charge is 0.270 e. The van der Waals surface area contributed by atoms with Gasteiger partial charge in [-0.1, -0.05) is 38.1 Å². The lowest BCUT2D eigenvalue weighted by atomic mass is 9.94. The van der Waals surface area contributed by atoms with Crippen LogP contribution in [0.5, 0.6) is 0 Å². The Morgan fingerprint density at radius 2 is 1.90 bits per heavy atom. The van der Waals surface area contributed by atoms with E-state index in [4.69, 9.17) is 5.41 Å². The Morgan fingerprint density at radius 3 is 2.34 bits per heavy atom. The molecule has 0 spiro atoms. The van der Waals surface area contributed by atoms with Gasteiger partial charge in [-0.2, -0.15) is 4.98 Å². The van der Waals surface area contributed by atoms with Gasteiger partial charge in [-0.05, 0) is 11.5 Å². The van der Waals surface area contributed by atoms with E-state index in [9.17, 15) is 18.7 Å². The molecule has 1 unspecified atom stereocenters. The molecule has 1 heterocycles. The predicted octanol–water partition coefficient (Wildman–Crippen LogP) is 3.12. The fourth-order valence-corrected chi connectivity index (χ4v) is 2.90. The minimum absolute atomic E-state index is 0.0167. The van der Waals surface area contributed by atoms with Crippen molar-refractivity contribution in [2.75, 3.05) is 30.9 Å². The summed E-state index contributed by atoms with van der Waals surface area (Å²) in [6.07, 6.45) is 0. The number of aliphatic hydroxyl groups excluding tert-OH is 1. The normalized spacial score (nSPS) is 12.7. The van der Waals surface area contributed by atoms with Crippen molar-refractivity contribution in [3.05, 3.63) is 51.3 Å². The molecular weight excluding hydrogens is 380 g/mol. The van der Waals surface area contributed by atoms with Crippen LogP contribution in [0.1, 0.15) is 43.5 Å². The average molecular weight is 407 g/mol. The number of anilines is 2. The highest BCUT2D eigenvalue weighted by atomic mass is 19.3. The van der Waals surface area contributed by atoms with Gasteiger partial charge in [0.2, 0.25) is 5.95 Å². The third kappa shape index (κ3) is 5.17. The van der Waals surface area contributed by atoms with E-state index < -0.39 is 18.1 Å². The summed E-state index contributed by atoms with van der Waals surface area (Å²) in [5, 5.41) is 20.5. The van der Waals surface area contributed by atoms with E-state index in [1.54, 1.807) is 31.1 Å². The van der Waals surface area contributed by atoms with Crippen LogP contribution >= 0.6 is 0 Å². The Kier molecular flexibility index (Phi) is 6.73. The molecule has 29 heavy (non-hydrogen) atoms. The van der Waals surface area contributed by atoms with Crippen molar-refractivity contribution in [2.45, 2.75) is 32.7 Å². The Hall–Kier alpha value is -2.81. The van der Waals surface area contributed by atoms with Crippen molar-refractivity contribution in [3.63, 3.8) is 0 Å². The minimum Gasteiger partial charge on any atom is -0.390 e. The zero-order chi connectivity index (χ0) is 21.9. The molecular formula is C20H27F2N5O2. The van der Waals surface area contributed by atoms with Crippen molar-refractivity contribution in [3.8, 4) is 0 Å². The molecule has 0 radical (unpaired) electrons. The number of aromatic amines is 1. The second-order valence-electron chi connectivity index (χ2n) is 7.52. The highest BCUT2D eigenvalue weighted by Crippen LogP contribution is 2.31. The monoisotopic (exact) mass is 407 g/mol. The third-order valence-corrected chi connectivity index (χ3v) is 4.53. The van der Waals surface area contributed by atoms with Crippen LogP contribution < -0.4 is 15.8 Å². The molecule has 0 amide bonds. The van der Waals surface area contributed by atoms with Crippen molar-refractivity contribution in [1.29, 1.82) is 5.41 Å². The van der Waals surface area contributed by atoms with Gasteiger partial charge in [0.25, 0.3) is 11.5 Å². The van der Waals surface area contributed by atoms with Gasteiger partial charge < -0.3 is 20.7 Å². The minimum atomic E-state index is -2.93. The van der Waals surface area contributed by atoms with Crippen LogP contribution in [0.15, 0.2) is 29.1 Å². The van der Waals surface area contributed by atoms with Gasteiger partial charge in [0.05, 0.1) is 18.4 Å². The number of aromatic nitrogens is 2. The van der Waals surface area contributed by atoms with Crippen molar-refractivity contribution in [1.82, 2.24) is 9.97 Å². The molecule has 0 saturated carbocycles. The Bertz CT molecular complexity index is 918. The van der Waals surface area contributed by atoms with Crippen molar-refractivity contribution in [2.24, 2.45) is 5.92 Å². The van der Waals surface area contributed by atoms with Crippen LogP contribution in [0.25, 0.3) is 0 Å². The van der Waals surface area contributed by atoms with Gasteiger partial charge in [-0.25, -0.2) is 8.78 Å². The van der Waals surface area contributed by atoms with Crippen LogP contribution in [-0.4, -0.2) is 41.5 Å². The molecule has 1 atom stereocenters. The molecule has 158 valence electrons. The molecule has 2 aromatic rings. The average Bonchev–Trinajstić information content (AvgIpc) is 2.64. The second-order valence-corrected chi connectivity index (χ2v) is 7.52. The van der Waals surface area contributed by atoms with E-state index in [1.807, 2.05) is 13.8 Å². The number of rotatable bonds is 8. The molecule has 2 rings (SSSR count). The SMILES string of the molecule is CC(C)C(Nc1nc(N(C)C)[nH]c(=O)c1C(=N)CO)c1ccc(C(C)(F)F)cc1. The van der Waals surface area contributed by atoms with Gasteiger partial charge >= 0.3 is 0 Å². The Balaban J connectivity index is 2.52. The second kappa shape index (κ2) is 8.69. The maximum absolute atomic E-state index is 13.5. The number of nitrogens with one attached hydrogen (secondary N) is 3. The predicted molar refractivity (Wildman–Crippen MR) is 110 cm³/mol. The molecule has 9 heteroatoms. The summed E-state index contributed by atoms with van der Waals surface area (Å²) in [5.74, 6) is -2.48. The number of hydrogen-bond donors (Lipinski definition) is 4. The van der Waals surface area contributed by atoms with Gasteiger partial charge in [0.15, 0.2) is 0 Å². The fraction of sp³-hybridized carbons (Fsp3) is 0.450. The summed E-state index contributed by atoms with van der Waals surface area (Å²) in [5.41, 5.74) is -0.220. The van der Waals surface area contributed by atoms with Gasteiger partial charge in [-0.3, -0.25) is 9.78 Å². The molecule has 1 aromatic heterocycles. The lowest BCUT2D eigenvalue weighted by Gasteiger charge is -2.26. The first-order valence-corrected chi connectivity index (χ1v) is 9.20. The van der Waals surface area contributed by atoms with Crippen molar-refractivity contribution >= 4 is 17.5 Å². The first-order chi connectivity index (χ1) is 13.5. The molecule has 7 nitrogen and oxygen atoms in total. The van der Waals surface area contributed by atoms with Crippen LogP contribution in [0.4, 0.5) is 20.5 Å². The fourth-order valence-electron chi connectivity index (χ4n) is 2.90. The lowest BCUT2D eigenvalue weighted by Crippen LogP contribution is -2.29. The van der Waals surface area contributed by atoms with E-state index in [2.05, 4.69) is 15.3 Å². The molecule has 0 aliphatic heterocycles. The summed E-state index contributed by atoms with van der Waals surface area (Å²) >= 11 is 0. The van der Waals surface area contributed by atoms with E-state index in [1.165, 1.54) is 12.1 Å². The van der Waals surface area contributed by atoms with Crippen LogP contribution in [0, 0.1) is 11.3 Å². The molecule has 0 saturated heterocycles. The Morgan fingerprint density at radius 1 is 1.31 bits per heavy atom. The zero-order valence-electron chi connectivity index (χ0n) is 17.2. The number of nitrogens with zero attached hydrogens (tertiary/aromatic N) is 2. The lowest BCUT2D eigenvalue weighted by molar-refractivity contribution is 0.0174. The van der Waals surface area contributed by atoms with Gasteiger partial charge in [0, 0.05) is 26.6 Å². The van der Waals surface area contributed by atoms with Crippen molar-refractivity contribution < 1.29 is 13.9 Å². The number of halogens is 2. The van der Waals surface area contributed by atoms with Gasteiger partial charge in [0.1, 0.15) is 11.4 Å². The van der Waals surface area contributed by atoms with E-state index in [-0.39, 0.29) is 40.6 Å². The first kappa shape index (κ1) is 22.5. The van der Waals surface area contributed by atoms with E-state index >= 15 is 0 Å². The highest BCUT2D eigenvalue weighted by molar-refractivity contribution is 6.02. The largest absolute Gasteiger partial charge is 0.390 e. The summed E-state index contributed by atoms with van der Waals surface area (Å²) in [6, 6.07) is 5.62. The standard InChI is InChI=1S/C20H27F2N5O2/c1-11(2)16(12-6-8-13(9-7-12)20(3,21)22)24-17-15(14(23)10-28)18(29)26-19(25-17)27(4)5/h6-9,11,16,23,28H,10H2,1-5H3,(H2,24,25,26,29). The van der Waals surface area contributed by atoms with E-state index in [0.29, 0.717) is 0 Å². The third-order valence-electron chi connectivity index (χ3n) is 4.53. The maximum atomic E-state index is 13.5. The maximum Gasteiger partial charge on any atom is 0.270 e. The quantitative estimate of drug-likeness (QED) is 0.503. The van der Waals surface area contributed by atoms with E-state index in [0.717, 1.165) is 12.5 Å². The van der Waals surface area contributed by atoms with Crippen LogP contribution in [-0.2, 0) is 5.92 Å². The number of H-pyrrole nitrogens is 1. The molecule has 0 aliphatic carbocycles. The summed E-state index contributed by atoms with van der Waals surface area (Å²) in [6.45, 7) is 4.11. The van der Waals surface area contributed by atoms with Crippen LogP contribution in [0.3, 0.4) is 0 Å². The summed E-state index contributed by atoms with van der Waals surface area (Å²) in [7, 11) is 3.42. The molecule has 0 bridgehead atoms. The topological polar surface area (TPSA) is 105 Å². The highest BCUT2D eigenvalue weighted by Gasteiger charge is 2.26. The molecule has 4 N–H and O–H groups in total. The number of alkyl halides is 2. The summed E-state index contributed by atoms with van der Waals surface area (Å²) in [4.78, 5) is 21.1. The number of aliphatic hydroxyl groups is 1. The Labute approximate surface area is 168 Å². The first-order valence-electron chi connectivity index (χ1n) is 9.20. The molecule has 0 aliphatic rings. The van der Waals surface area contributed by atoms with Crippen LogP contribution in [0.2, 0.25) is 0 Å². The summed E-state index contributed by atoms with van der Waals surface area (Å²) < 4.78 is 27.0. The molecule has 0 fully saturated rings. The number of hydrogen-bond acceptors (Lipinski definition) is 6. The number of benzene rings is 1. The molecule has 1 aromatic carbocycles.